The molecule has 0 radical (unpaired) electrons. The SMILES string of the molecule is CN[C@H]1[C@H](O[C@@H]2c3cc4c(cc3[C@@H](c3cc(OC)c(O)c(OC)c3)[C@@H]3C(=O)OC[C@@H]32)OCO4)O[C@@H]2CO[C@@H](C)O[C@H]2[C@@H]1O. The zero-order valence-corrected chi connectivity index (χ0v) is 24.2. The summed E-state index contributed by atoms with van der Waals surface area (Å²) >= 11 is 0. The maximum Gasteiger partial charge on any atom is 0.310 e. The van der Waals surface area contributed by atoms with E-state index in [1.165, 1.54) is 14.2 Å². The number of hydrogen-bond donors (Lipinski definition) is 3. The van der Waals surface area contributed by atoms with Crippen molar-refractivity contribution in [2.45, 2.75) is 55.9 Å². The third-order valence-electron chi connectivity index (χ3n) is 9.11. The van der Waals surface area contributed by atoms with Crippen molar-refractivity contribution in [3.8, 4) is 28.7 Å². The molecule has 3 saturated heterocycles. The second kappa shape index (κ2) is 11.0. The Hall–Kier alpha value is -3.33. The van der Waals surface area contributed by atoms with Crippen molar-refractivity contribution in [2.24, 2.45) is 11.8 Å². The molecular formula is C30H35NO12. The van der Waals surface area contributed by atoms with Gasteiger partial charge in [-0.05, 0) is 54.9 Å². The van der Waals surface area contributed by atoms with Crippen LogP contribution in [0.3, 0.4) is 0 Å². The first-order chi connectivity index (χ1) is 20.8. The van der Waals surface area contributed by atoms with Crippen LogP contribution in [0, 0.1) is 11.8 Å². The predicted molar refractivity (Wildman–Crippen MR) is 145 cm³/mol. The third kappa shape index (κ3) is 4.57. The monoisotopic (exact) mass is 601 g/mol. The number of benzene rings is 2. The summed E-state index contributed by atoms with van der Waals surface area (Å²) in [7, 11) is 4.62. The van der Waals surface area contributed by atoms with Gasteiger partial charge in [-0.15, -0.1) is 0 Å². The molecule has 0 aromatic heterocycles. The van der Waals surface area contributed by atoms with Crippen LogP contribution in [-0.4, -0.2) is 94.4 Å². The highest BCUT2D eigenvalue weighted by molar-refractivity contribution is 5.79. The van der Waals surface area contributed by atoms with Crippen molar-refractivity contribution in [1.29, 1.82) is 0 Å². The molecule has 13 nitrogen and oxygen atoms in total. The van der Waals surface area contributed by atoms with Crippen LogP contribution in [0.4, 0.5) is 0 Å². The molecule has 4 aliphatic heterocycles. The Morgan fingerprint density at radius 1 is 0.953 bits per heavy atom. The summed E-state index contributed by atoms with van der Waals surface area (Å²) in [6.45, 7) is 2.18. The van der Waals surface area contributed by atoms with Crippen molar-refractivity contribution in [2.75, 3.05) is 41.3 Å². The van der Waals surface area contributed by atoms with Crippen LogP contribution in [0.5, 0.6) is 28.7 Å². The Morgan fingerprint density at radius 3 is 2.33 bits per heavy atom. The summed E-state index contributed by atoms with van der Waals surface area (Å²) in [4.78, 5) is 13.5. The summed E-state index contributed by atoms with van der Waals surface area (Å²) in [5, 5.41) is 25.0. The highest BCUT2D eigenvalue weighted by Crippen LogP contribution is 2.57. The van der Waals surface area contributed by atoms with Crippen LogP contribution in [0.1, 0.15) is 35.6 Å². The number of hydrogen-bond acceptors (Lipinski definition) is 13. The molecular weight excluding hydrogens is 566 g/mol. The zero-order chi connectivity index (χ0) is 30.0. The van der Waals surface area contributed by atoms with Crippen LogP contribution in [-0.2, 0) is 28.5 Å². The molecule has 0 saturated carbocycles. The minimum absolute atomic E-state index is 0.0609. The molecule has 1 aliphatic carbocycles. The normalized spacial score (nSPS) is 35.9. The molecule has 2 aromatic carbocycles. The Labute approximate surface area is 247 Å². The van der Waals surface area contributed by atoms with Gasteiger partial charge in [0.25, 0.3) is 0 Å². The number of esters is 1. The lowest BCUT2D eigenvalue weighted by Gasteiger charge is -2.49. The second-order valence-electron chi connectivity index (χ2n) is 11.3. The summed E-state index contributed by atoms with van der Waals surface area (Å²) < 4.78 is 52.6. The number of cyclic esters (lactones) is 1. The fraction of sp³-hybridized carbons (Fsp3) is 0.567. The molecule has 0 bridgehead atoms. The van der Waals surface area contributed by atoms with Gasteiger partial charge < -0.3 is 58.2 Å². The van der Waals surface area contributed by atoms with Gasteiger partial charge in [0.05, 0.1) is 45.5 Å². The van der Waals surface area contributed by atoms with Crippen molar-refractivity contribution in [3.63, 3.8) is 0 Å². The molecule has 0 spiro atoms. The highest BCUT2D eigenvalue weighted by atomic mass is 16.7. The fourth-order valence-electron chi connectivity index (χ4n) is 7.06. The summed E-state index contributed by atoms with van der Waals surface area (Å²) in [6.07, 6.45) is -4.15. The van der Waals surface area contributed by atoms with Crippen LogP contribution in [0.25, 0.3) is 0 Å². The molecule has 7 rings (SSSR count). The first kappa shape index (κ1) is 28.4. The van der Waals surface area contributed by atoms with E-state index in [1.807, 2.05) is 12.1 Å². The molecule has 232 valence electrons. The first-order valence-electron chi connectivity index (χ1n) is 14.3. The lowest BCUT2D eigenvalue weighted by atomic mass is 9.66. The number of aromatic hydroxyl groups is 1. The van der Waals surface area contributed by atoms with Crippen molar-refractivity contribution >= 4 is 5.97 Å². The molecule has 43 heavy (non-hydrogen) atoms. The van der Waals surface area contributed by atoms with E-state index >= 15 is 0 Å². The van der Waals surface area contributed by atoms with Crippen molar-refractivity contribution in [3.05, 3.63) is 41.0 Å². The van der Waals surface area contributed by atoms with Crippen LogP contribution in [0.15, 0.2) is 24.3 Å². The first-order valence-corrected chi connectivity index (χ1v) is 14.3. The maximum absolute atomic E-state index is 13.5. The van der Waals surface area contributed by atoms with E-state index < -0.39 is 60.8 Å². The summed E-state index contributed by atoms with van der Waals surface area (Å²) in [5.74, 6) is -0.617. The number of phenols is 1. The molecule has 3 fully saturated rings. The molecule has 2 aromatic rings. The largest absolute Gasteiger partial charge is 0.502 e. The highest BCUT2D eigenvalue weighted by Gasteiger charge is 2.56. The Morgan fingerprint density at radius 2 is 1.65 bits per heavy atom. The number of aliphatic hydroxyl groups excluding tert-OH is 1. The molecule has 4 heterocycles. The Bertz CT molecular complexity index is 1380. The van der Waals surface area contributed by atoms with Crippen LogP contribution in [0.2, 0.25) is 0 Å². The van der Waals surface area contributed by atoms with E-state index in [9.17, 15) is 15.0 Å². The number of fused-ring (bicyclic) bond motifs is 4. The number of rotatable bonds is 6. The van der Waals surface area contributed by atoms with E-state index in [1.54, 1.807) is 26.1 Å². The molecule has 5 aliphatic rings. The molecule has 13 heteroatoms. The summed E-state index contributed by atoms with van der Waals surface area (Å²) in [5.41, 5.74) is 2.21. The standard InChI is InChI=1S/C30H35NO12/c1-12-37-10-21-28(41-12)26(33)24(31-2)30(42-21)43-27-15-8-18-17(39-11-40-18)7-14(15)22(23-16(27)9-38-29(23)34)13-5-19(35-3)25(32)20(6-13)36-4/h5-8,12,16,21-24,26-28,30-33H,9-11H2,1-4H3/t12-,16+,21-,22-,23-,24-,26-,27-,28-,30+/m1/s1. The molecule has 0 unspecified atom stereocenters. The number of nitrogens with one attached hydrogen (secondary N) is 1. The third-order valence-corrected chi connectivity index (χ3v) is 9.11. The average Bonchev–Trinajstić information content (AvgIpc) is 3.63. The average molecular weight is 602 g/mol. The Balaban J connectivity index is 1.33. The van der Waals surface area contributed by atoms with E-state index in [0.29, 0.717) is 17.1 Å². The van der Waals surface area contributed by atoms with Gasteiger partial charge in [-0.25, -0.2) is 0 Å². The second-order valence-corrected chi connectivity index (χ2v) is 11.3. The van der Waals surface area contributed by atoms with Gasteiger partial charge >= 0.3 is 5.97 Å². The lowest BCUT2D eigenvalue weighted by Crippen LogP contribution is -2.66. The van der Waals surface area contributed by atoms with E-state index in [0.717, 1.165) is 11.1 Å². The number of likely N-dealkylation sites (N-methyl/N-ethyl adjacent to an activating group) is 1. The smallest absolute Gasteiger partial charge is 0.310 e. The van der Waals surface area contributed by atoms with Gasteiger partial charge in [0.1, 0.15) is 18.3 Å². The van der Waals surface area contributed by atoms with Gasteiger partial charge in [-0.3, -0.25) is 4.79 Å². The maximum atomic E-state index is 13.5. The number of carbonyl (C=O) groups excluding carboxylic acids is 1. The van der Waals surface area contributed by atoms with Gasteiger partial charge in [-0.2, -0.15) is 0 Å². The fourth-order valence-corrected chi connectivity index (χ4v) is 7.06. The topological polar surface area (TPSA) is 153 Å². The van der Waals surface area contributed by atoms with Crippen LogP contribution < -0.4 is 24.3 Å². The number of aliphatic hydroxyl groups is 1. The van der Waals surface area contributed by atoms with E-state index in [4.69, 9.17) is 42.6 Å². The molecule has 0 amide bonds. The predicted octanol–water partition coefficient (Wildman–Crippen LogP) is 1.57. The van der Waals surface area contributed by atoms with Gasteiger partial charge in [0, 0.05) is 11.8 Å². The number of methoxy groups -OCH3 is 2. The van der Waals surface area contributed by atoms with Gasteiger partial charge in [-0.1, -0.05) is 0 Å². The Kier molecular flexibility index (Phi) is 7.27. The van der Waals surface area contributed by atoms with E-state index in [-0.39, 0.29) is 43.2 Å². The minimum atomic E-state index is -0.943. The quantitative estimate of drug-likeness (QED) is 0.411. The van der Waals surface area contributed by atoms with Crippen molar-refractivity contribution < 1.29 is 57.6 Å². The summed E-state index contributed by atoms with van der Waals surface area (Å²) in [6, 6.07) is 6.49. The number of carbonyl (C=O) groups is 1. The number of phenolic OH excluding ortho intramolecular Hbond substituents is 1. The zero-order valence-electron chi connectivity index (χ0n) is 24.2. The molecule has 10 atom stereocenters. The van der Waals surface area contributed by atoms with E-state index in [2.05, 4.69) is 5.32 Å². The van der Waals surface area contributed by atoms with Gasteiger partial charge in [0.15, 0.2) is 35.6 Å². The lowest BCUT2D eigenvalue weighted by molar-refractivity contribution is -0.346. The number of ether oxygens (including phenoxy) is 9. The van der Waals surface area contributed by atoms with Crippen LogP contribution >= 0.6 is 0 Å². The van der Waals surface area contributed by atoms with Crippen molar-refractivity contribution in [1.82, 2.24) is 5.32 Å². The molecule has 3 N–H and O–H groups in total. The van der Waals surface area contributed by atoms with Gasteiger partial charge in [0.2, 0.25) is 12.5 Å². The minimum Gasteiger partial charge on any atom is -0.502 e.